The van der Waals surface area contributed by atoms with Crippen LogP contribution in [0.2, 0.25) is 5.02 Å². The molecule has 0 fully saturated rings. The number of carbonyl (C=O) groups is 1. The second-order valence-electron chi connectivity index (χ2n) is 4.14. The van der Waals surface area contributed by atoms with E-state index in [9.17, 15) is 4.79 Å². The third-order valence-electron chi connectivity index (χ3n) is 2.89. The van der Waals surface area contributed by atoms with Crippen LogP contribution in [0.4, 0.5) is 0 Å². The van der Waals surface area contributed by atoms with Gasteiger partial charge in [0.05, 0.1) is 14.2 Å². The zero-order valence-corrected chi connectivity index (χ0v) is 15.2. The van der Waals surface area contributed by atoms with Crippen molar-refractivity contribution in [1.29, 1.82) is 0 Å². The van der Waals surface area contributed by atoms with Gasteiger partial charge in [-0.2, -0.15) is 0 Å². The Labute approximate surface area is 144 Å². The SMILES string of the molecule is COc1cc(Br)c(C(=O)c2cc(Cl)ccc2Br)cc1OC. The molecule has 0 saturated carbocycles. The van der Waals surface area contributed by atoms with Gasteiger partial charge in [0.2, 0.25) is 0 Å². The molecule has 6 heteroatoms. The maximum absolute atomic E-state index is 12.7. The van der Waals surface area contributed by atoms with Crippen LogP contribution in [0.3, 0.4) is 0 Å². The van der Waals surface area contributed by atoms with E-state index in [1.54, 1.807) is 37.4 Å². The Bertz CT molecular complexity index is 702. The summed E-state index contributed by atoms with van der Waals surface area (Å²) >= 11 is 12.7. The lowest BCUT2D eigenvalue weighted by molar-refractivity contribution is 0.103. The molecule has 110 valence electrons. The molecule has 0 amide bonds. The highest BCUT2D eigenvalue weighted by Gasteiger charge is 2.19. The fourth-order valence-corrected chi connectivity index (χ4v) is 2.95. The minimum Gasteiger partial charge on any atom is -0.493 e. The highest BCUT2D eigenvalue weighted by Crippen LogP contribution is 2.35. The second-order valence-corrected chi connectivity index (χ2v) is 6.29. The van der Waals surface area contributed by atoms with Gasteiger partial charge in [0, 0.05) is 25.1 Å². The van der Waals surface area contributed by atoms with Crippen LogP contribution in [-0.2, 0) is 0 Å². The maximum atomic E-state index is 12.7. The third-order valence-corrected chi connectivity index (χ3v) is 4.47. The molecule has 2 aromatic rings. The first-order valence-corrected chi connectivity index (χ1v) is 7.85. The number of ether oxygens (including phenoxy) is 2. The Morgan fingerprint density at radius 2 is 1.52 bits per heavy atom. The standard InChI is InChI=1S/C15H11Br2ClO3/c1-20-13-6-10(12(17)7-14(13)21-2)15(19)9-5-8(18)3-4-11(9)16/h3-7H,1-2H3. The molecule has 0 heterocycles. The number of benzene rings is 2. The largest absolute Gasteiger partial charge is 0.493 e. The minimum absolute atomic E-state index is 0.169. The van der Waals surface area contributed by atoms with Gasteiger partial charge in [-0.25, -0.2) is 0 Å². The molecule has 0 radical (unpaired) electrons. The Kier molecular flexibility index (Phi) is 5.30. The van der Waals surface area contributed by atoms with Crippen molar-refractivity contribution in [3.63, 3.8) is 0 Å². The lowest BCUT2D eigenvalue weighted by Gasteiger charge is -2.12. The summed E-state index contributed by atoms with van der Waals surface area (Å²) in [5.74, 6) is 0.866. The first-order chi connectivity index (χ1) is 9.97. The normalized spacial score (nSPS) is 10.3. The van der Waals surface area contributed by atoms with Gasteiger partial charge in [0.15, 0.2) is 17.3 Å². The first-order valence-electron chi connectivity index (χ1n) is 5.89. The Balaban J connectivity index is 2.55. The van der Waals surface area contributed by atoms with Gasteiger partial charge in [0.25, 0.3) is 0 Å². The number of ketones is 1. The van der Waals surface area contributed by atoms with Crippen LogP contribution in [0.15, 0.2) is 39.3 Å². The molecule has 0 aliphatic heterocycles. The quantitative estimate of drug-likeness (QED) is 0.627. The van der Waals surface area contributed by atoms with Gasteiger partial charge >= 0.3 is 0 Å². The monoisotopic (exact) mass is 432 g/mol. The maximum Gasteiger partial charge on any atom is 0.195 e. The summed E-state index contributed by atoms with van der Waals surface area (Å²) in [6.07, 6.45) is 0. The second kappa shape index (κ2) is 6.81. The van der Waals surface area contributed by atoms with E-state index >= 15 is 0 Å². The van der Waals surface area contributed by atoms with Gasteiger partial charge in [-0.05, 0) is 46.3 Å². The van der Waals surface area contributed by atoms with Gasteiger partial charge < -0.3 is 9.47 Å². The Morgan fingerprint density at radius 1 is 0.952 bits per heavy atom. The summed E-state index contributed by atoms with van der Waals surface area (Å²) in [7, 11) is 3.06. The van der Waals surface area contributed by atoms with E-state index in [2.05, 4.69) is 31.9 Å². The predicted octanol–water partition coefficient (Wildman–Crippen LogP) is 5.11. The van der Waals surface area contributed by atoms with Crippen LogP contribution in [0.25, 0.3) is 0 Å². The summed E-state index contributed by atoms with van der Waals surface area (Å²) < 4.78 is 11.7. The van der Waals surface area contributed by atoms with Crippen molar-refractivity contribution in [2.24, 2.45) is 0 Å². The van der Waals surface area contributed by atoms with Gasteiger partial charge in [-0.15, -0.1) is 0 Å². The average Bonchev–Trinajstić information content (AvgIpc) is 2.48. The molecule has 0 atom stereocenters. The van der Waals surface area contributed by atoms with E-state index in [0.717, 1.165) is 0 Å². The number of carbonyl (C=O) groups excluding carboxylic acids is 1. The van der Waals surface area contributed by atoms with Crippen LogP contribution in [0.1, 0.15) is 15.9 Å². The average molecular weight is 435 g/mol. The summed E-state index contributed by atoms with van der Waals surface area (Å²) in [4.78, 5) is 12.7. The molecule has 0 aliphatic rings. The molecular formula is C15H11Br2ClO3. The molecule has 21 heavy (non-hydrogen) atoms. The van der Waals surface area contributed by atoms with Crippen molar-refractivity contribution >= 4 is 49.2 Å². The number of hydrogen-bond acceptors (Lipinski definition) is 3. The molecule has 0 saturated heterocycles. The summed E-state index contributed by atoms with van der Waals surface area (Å²) in [5.41, 5.74) is 0.950. The van der Waals surface area contributed by atoms with Crippen molar-refractivity contribution in [3.8, 4) is 11.5 Å². The highest BCUT2D eigenvalue weighted by molar-refractivity contribution is 9.11. The van der Waals surface area contributed by atoms with Crippen LogP contribution in [-0.4, -0.2) is 20.0 Å². The first kappa shape index (κ1) is 16.3. The lowest BCUT2D eigenvalue weighted by atomic mass is 10.0. The molecule has 0 unspecified atom stereocenters. The number of methoxy groups -OCH3 is 2. The molecule has 2 aromatic carbocycles. The van der Waals surface area contributed by atoms with Gasteiger partial charge in [-0.1, -0.05) is 27.5 Å². The summed E-state index contributed by atoms with van der Waals surface area (Å²) in [6, 6.07) is 8.41. The molecule has 0 bridgehead atoms. The fraction of sp³-hybridized carbons (Fsp3) is 0.133. The van der Waals surface area contributed by atoms with Gasteiger partial charge in [-0.3, -0.25) is 4.79 Å². The molecule has 0 N–H and O–H groups in total. The number of halogens is 3. The van der Waals surface area contributed by atoms with E-state index in [-0.39, 0.29) is 5.78 Å². The molecule has 0 aliphatic carbocycles. The number of rotatable bonds is 4. The van der Waals surface area contributed by atoms with E-state index in [0.29, 0.717) is 36.6 Å². The van der Waals surface area contributed by atoms with E-state index < -0.39 is 0 Å². The summed E-state index contributed by atoms with van der Waals surface area (Å²) in [5, 5.41) is 0.498. The van der Waals surface area contributed by atoms with Crippen molar-refractivity contribution in [2.75, 3.05) is 14.2 Å². The highest BCUT2D eigenvalue weighted by atomic mass is 79.9. The van der Waals surface area contributed by atoms with Crippen LogP contribution < -0.4 is 9.47 Å². The minimum atomic E-state index is -0.169. The van der Waals surface area contributed by atoms with Crippen molar-refractivity contribution in [1.82, 2.24) is 0 Å². The smallest absolute Gasteiger partial charge is 0.195 e. The predicted molar refractivity (Wildman–Crippen MR) is 89.8 cm³/mol. The van der Waals surface area contributed by atoms with E-state index in [1.807, 2.05) is 0 Å². The van der Waals surface area contributed by atoms with Crippen LogP contribution in [0, 0.1) is 0 Å². The molecule has 0 spiro atoms. The zero-order chi connectivity index (χ0) is 15.6. The van der Waals surface area contributed by atoms with Crippen LogP contribution >= 0.6 is 43.5 Å². The molecule has 0 aromatic heterocycles. The van der Waals surface area contributed by atoms with E-state index in [1.165, 1.54) is 7.11 Å². The topological polar surface area (TPSA) is 35.5 Å². The third kappa shape index (κ3) is 3.42. The Morgan fingerprint density at radius 3 is 2.14 bits per heavy atom. The Hall–Kier alpha value is -1.04. The molecule has 2 rings (SSSR count). The fourth-order valence-electron chi connectivity index (χ4n) is 1.84. The van der Waals surface area contributed by atoms with Crippen molar-refractivity contribution in [3.05, 3.63) is 55.4 Å². The zero-order valence-electron chi connectivity index (χ0n) is 11.2. The van der Waals surface area contributed by atoms with Gasteiger partial charge in [0.1, 0.15) is 0 Å². The molecular weight excluding hydrogens is 423 g/mol. The van der Waals surface area contributed by atoms with Crippen LogP contribution in [0.5, 0.6) is 11.5 Å². The number of hydrogen-bond donors (Lipinski definition) is 0. The van der Waals surface area contributed by atoms with Crippen molar-refractivity contribution < 1.29 is 14.3 Å². The van der Waals surface area contributed by atoms with Crippen molar-refractivity contribution in [2.45, 2.75) is 0 Å². The summed E-state index contributed by atoms with van der Waals surface area (Å²) in [6.45, 7) is 0. The lowest BCUT2D eigenvalue weighted by Crippen LogP contribution is -2.05. The van der Waals surface area contributed by atoms with E-state index in [4.69, 9.17) is 21.1 Å². The molecule has 3 nitrogen and oxygen atoms in total.